The molecule has 4 bridgehead atoms. The third-order valence-corrected chi connectivity index (χ3v) is 6.52. The second-order valence-corrected chi connectivity index (χ2v) is 8.88. The van der Waals surface area contributed by atoms with Crippen molar-refractivity contribution in [1.29, 1.82) is 0 Å². The second kappa shape index (κ2) is 9.74. The minimum Gasteiger partial charge on any atom is -0.691 e. The molecule has 0 atom stereocenters. The largest absolute Gasteiger partial charge is 0.691 e. The summed E-state index contributed by atoms with van der Waals surface area (Å²) in [4.78, 5) is 0. The molecule has 0 aromatic heterocycles. The first-order chi connectivity index (χ1) is 11.8. The maximum atomic E-state index is 9.57. The van der Waals surface area contributed by atoms with Gasteiger partial charge in [0, 0.05) is 31.0 Å². The molecule has 0 heterocycles. The molecule has 5 nitrogen and oxygen atoms in total. The molecule has 0 N–H and O–H groups in total. The molecule has 0 radical (unpaired) electrons. The highest BCUT2D eigenvalue weighted by molar-refractivity contribution is 7.94. The van der Waals surface area contributed by atoms with Crippen molar-refractivity contribution in [3.63, 3.8) is 0 Å². The third-order valence-electron chi connectivity index (χ3n) is 6.04. The van der Waals surface area contributed by atoms with Crippen LogP contribution >= 0.6 is 12.0 Å². The smallest absolute Gasteiger partial charge is 0.0580 e. The second-order valence-electron chi connectivity index (χ2n) is 8.10. The Bertz CT molecular complexity index is 330. The van der Waals surface area contributed by atoms with Crippen LogP contribution in [-0.4, -0.2) is 32.2 Å². The van der Waals surface area contributed by atoms with Gasteiger partial charge in [0.25, 0.3) is 0 Å². The molecule has 0 unspecified atom stereocenters. The number of hydrogen-bond donors (Lipinski definition) is 0. The van der Waals surface area contributed by atoms with Gasteiger partial charge < -0.3 is 14.7 Å². The molecule has 24 heavy (non-hydrogen) atoms. The Morgan fingerprint density at radius 2 is 1.46 bits per heavy atom. The zero-order valence-corrected chi connectivity index (χ0v) is 15.4. The van der Waals surface area contributed by atoms with Crippen LogP contribution in [0, 0.1) is 23.2 Å². The van der Waals surface area contributed by atoms with Gasteiger partial charge in [0.15, 0.2) is 0 Å². The Hall–Kier alpha value is 0.150. The van der Waals surface area contributed by atoms with Crippen LogP contribution in [0.25, 0.3) is 0 Å². The van der Waals surface area contributed by atoms with E-state index >= 15 is 0 Å². The van der Waals surface area contributed by atoms with Crippen molar-refractivity contribution in [3.05, 3.63) is 0 Å². The monoisotopic (exact) mass is 359 g/mol. The summed E-state index contributed by atoms with van der Waals surface area (Å²) in [5.74, 6) is 3.65. The van der Waals surface area contributed by atoms with Crippen molar-refractivity contribution in [1.82, 2.24) is 0 Å². The molecule has 0 amide bonds. The van der Waals surface area contributed by atoms with E-state index in [1.165, 1.54) is 38.5 Å². The van der Waals surface area contributed by atoms with E-state index in [9.17, 15) is 5.26 Å². The summed E-state index contributed by atoms with van der Waals surface area (Å²) in [6, 6.07) is 0. The number of hydrogen-bond acceptors (Lipinski definition) is 6. The van der Waals surface area contributed by atoms with Gasteiger partial charge in [-0.05, 0) is 81.0 Å². The predicted molar refractivity (Wildman–Crippen MR) is 90.7 cm³/mol. The summed E-state index contributed by atoms with van der Waals surface area (Å²) in [7, 11) is 0. The summed E-state index contributed by atoms with van der Waals surface area (Å²) in [5, 5.41) is 12.8. The molecule has 0 aliphatic heterocycles. The lowest BCUT2D eigenvalue weighted by molar-refractivity contribution is -0.777. The number of unbranched alkanes of at least 4 members (excludes halogenated alkanes) is 2. The van der Waals surface area contributed by atoms with E-state index in [0.29, 0.717) is 17.8 Å². The van der Waals surface area contributed by atoms with Gasteiger partial charge in [-0.3, -0.25) is 5.04 Å². The van der Waals surface area contributed by atoms with Crippen molar-refractivity contribution in [2.75, 3.05) is 32.2 Å². The maximum Gasteiger partial charge on any atom is 0.0580 e. The van der Waals surface area contributed by atoms with E-state index in [4.69, 9.17) is 9.47 Å². The fraction of sp³-hybridized carbons (Fsp3) is 1.00. The lowest BCUT2D eigenvalue weighted by Crippen LogP contribution is -2.48. The summed E-state index contributed by atoms with van der Waals surface area (Å²) < 4.78 is 15.7. The minimum atomic E-state index is 0.547. The lowest BCUT2D eigenvalue weighted by atomic mass is 9.50. The van der Waals surface area contributed by atoms with Gasteiger partial charge in [0.1, 0.15) is 0 Å². The molecule has 140 valence electrons. The molecule has 0 saturated heterocycles. The fourth-order valence-corrected chi connectivity index (χ4v) is 5.88. The van der Waals surface area contributed by atoms with E-state index in [1.807, 2.05) is 0 Å². The predicted octanol–water partition coefficient (Wildman–Crippen LogP) is 3.28. The fourth-order valence-electron chi connectivity index (χ4n) is 5.59. The lowest BCUT2D eigenvalue weighted by Gasteiger charge is -2.56. The van der Waals surface area contributed by atoms with Crippen LogP contribution in [0.15, 0.2) is 0 Å². The van der Waals surface area contributed by atoms with E-state index in [0.717, 1.165) is 68.9 Å². The minimum absolute atomic E-state index is 0.547. The summed E-state index contributed by atoms with van der Waals surface area (Å²) in [5.41, 5.74) is 0.547. The van der Waals surface area contributed by atoms with E-state index in [1.54, 1.807) is 0 Å². The normalized spacial score (nSPS) is 34.1. The molecule has 0 aromatic rings. The molecular formula is C18H31O5S-. The van der Waals surface area contributed by atoms with E-state index in [-0.39, 0.29) is 0 Å². The zero-order valence-electron chi connectivity index (χ0n) is 14.6. The van der Waals surface area contributed by atoms with Crippen LogP contribution < -0.4 is 5.26 Å². The van der Waals surface area contributed by atoms with Crippen LogP contribution in [0.3, 0.4) is 0 Å². The van der Waals surface area contributed by atoms with Crippen molar-refractivity contribution in [2.45, 2.75) is 57.8 Å². The SMILES string of the molecule is [O-]OOSCCOCCCCCOCC12CC3CC(CC(C3)C1)C2. The van der Waals surface area contributed by atoms with Crippen molar-refractivity contribution >= 4 is 12.0 Å². The molecule has 6 heteroatoms. The Balaban J connectivity index is 1.16. The molecule has 0 spiro atoms. The van der Waals surface area contributed by atoms with Crippen LogP contribution in [0.4, 0.5) is 0 Å². The van der Waals surface area contributed by atoms with Gasteiger partial charge in [-0.25, -0.2) is 0 Å². The van der Waals surface area contributed by atoms with Crippen LogP contribution in [0.1, 0.15) is 57.8 Å². The Morgan fingerprint density at radius 3 is 2.08 bits per heavy atom. The van der Waals surface area contributed by atoms with Crippen molar-refractivity contribution in [2.24, 2.45) is 23.2 Å². The van der Waals surface area contributed by atoms with Gasteiger partial charge in [0.2, 0.25) is 0 Å². The van der Waals surface area contributed by atoms with Gasteiger partial charge >= 0.3 is 0 Å². The molecule has 4 aliphatic carbocycles. The summed E-state index contributed by atoms with van der Waals surface area (Å²) >= 11 is 0.972. The van der Waals surface area contributed by atoms with Crippen LogP contribution in [0.5, 0.6) is 0 Å². The average molecular weight is 360 g/mol. The average Bonchev–Trinajstić information content (AvgIpc) is 2.54. The summed E-state index contributed by atoms with van der Waals surface area (Å²) in [6.07, 6.45) is 12.2. The number of ether oxygens (including phenoxy) is 2. The Morgan fingerprint density at radius 1 is 0.833 bits per heavy atom. The van der Waals surface area contributed by atoms with Crippen molar-refractivity contribution < 1.29 is 24.1 Å². The molecule has 4 saturated carbocycles. The first-order valence-electron chi connectivity index (χ1n) is 9.53. The quantitative estimate of drug-likeness (QED) is 0.218. The van der Waals surface area contributed by atoms with Crippen LogP contribution in [0.2, 0.25) is 0 Å². The Labute approximate surface area is 149 Å². The van der Waals surface area contributed by atoms with Gasteiger partial charge in [-0.15, -0.1) is 0 Å². The maximum absolute atomic E-state index is 9.57. The standard InChI is InChI=1S/C18H32O5S/c19-22-23-24-7-6-20-4-2-1-3-5-21-14-18-11-15-8-16(12-18)10-17(9-15)13-18/h15-17,19H,1-14H2/p-1. The molecule has 4 rings (SSSR count). The first kappa shape index (κ1) is 18.9. The molecule has 4 fully saturated rings. The van der Waals surface area contributed by atoms with E-state index < -0.39 is 0 Å². The van der Waals surface area contributed by atoms with Gasteiger partial charge in [-0.2, -0.15) is 4.33 Å². The van der Waals surface area contributed by atoms with Crippen molar-refractivity contribution in [3.8, 4) is 0 Å². The topological polar surface area (TPSA) is 60.0 Å². The molecular weight excluding hydrogens is 328 g/mol. The molecule has 0 aromatic carbocycles. The zero-order chi connectivity index (χ0) is 16.7. The highest BCUT2D eigenvalue weighted by Gasteiger charge is 2.50. The van der Waals surface area contributed by atoms with Gasteiger partial charge in [-0.1, -0.05) is 0 Å². The molecule has 4 aliphatic rings. The highest BCUT2D eigenvalue weighted by atomic mass is 32.2. The highest BCUT2D eigenvalue weighted by Crippen LogP contribution is 2.60. The van der Waals surface area contributed by atoms with Crippen LogP contribution in [-0.2, 0) is 18.8 Å². The summed E-state index contributed by atoms with van der Waals surface area (Å²) in [6.45, 7) is 3.24. The third kappa shape index (κ3) is 5.58. The first-order valence-corrected chi connectivity index (χ1v) is 10.4. The van der Waals surface area contributed by atoms with E-state index in [2.05, 4.69) is 9.37 Å². The van der Waals surface area contributed by atoms with Gasteiger partial charge in [0.05, 0.1) is 13.2 Å². The number of rotatable bonds is 13. The Kier molecular flexibility index (Phi) is 7.68.